The lowest BCUT2D eigenvalue weighted by molar-refractivity contribution is 0.207. The second-order valence-corrected chi connectivity index (χ2v) is 5.49. The zero-order valence-electron chi connectivity index (χ0n) is 10.2. The van der Waals surface area contributed by atoms with E-state index in [-0.39, 0.29) is 11.0 Å². The second-order valence-electron chi connectivity index (χ2n) is 4.55. The van der Waals surface area contributed by atoms with Crippen molar-refractivity contribution >= 4 is 11.1 Å². The van der Waals surface area contributed by atoms with Crippen LogP contribution in [0, 0.1) is 0 Å². The SMILES string of the molecule is O=S([O-])c1ccc(OC2CCc3ccccc32)cc1. The summed E-state index contributed by atoms with van der Waals surface area (Å²) in [6.45, 7) is 0. The van der Waals surface area contributed by atoms with Crippen molar-refractivity contribution in [1.29, 1.82) is 0 Å². The molecule has 2 unspecified atom stereocenters. The average molecular weight is 273 g/mol. The van der Waals surface area contributed by atoms with E-state index in [0.717, 1.165) is 12.8 Å². The van der Waals surface area contributed by atoms with E-state index in [0.29, 0.717) is 5.75 Å². The van der Waals surface area contributed by atoms with E-state index in [1.54, 1.807) is 24.3 Å². The summed E-state index contributed by atoms with van der Waals surface area (Å²) in [6, 6.07) is 14.8. The third-order valence-corrected chi connectivity index (χ3v) is 4.03. The smallest absolute Gasteiger partial charge is 0.124 e. The molecule has 0 aliphatic heterocycles. The first kappa shape index (κ1) is 12.4. The Morgan fingerprint density at radius 1 is 1.11 bits per heavy atom. The quantitative estimate of drug-likeness (QED) is 0.808. The Morgan fingerprint density at radius 2 is 1.84 bits per heavy atom. The van der Waals surface area contributed by atoms with Crippen LogP contribution in [0.2, 0.25) is 0 Å². The van der Waals surface area contributed by atoms with Crippen LogP contribution < -0.4 is 4.74 Å². The molecule has 3 nitrogen and oxygen atoms in total. The zero-order valence-corrected chi connectivity index (χ0v) is 11.1. The van der Waals surface area contributed by atoms with E-state index in [2.05, 4.69) is 12.1 Å². The topological polar surface area (TPSA) is 49.4 Å². The third kappa shape index (κ3) is 2.55. The summed E-state index contributed by atoms with van der Waals surface area (Å²) < 4.78 is 27.5. The monoisotopic (exact) mass is 273 g/mol. The van der Waals surface area contributed by atoms with Crippen LogP contribution in [-0.2, 0) is 17.5 Å². The van der Waals surface area contributed by atoms with Crippen LogP contribution in [0.5, 0.6) is 5.75 Å². The number of benzene rings is 2. The van der Waals surface area contributed by atoms with Crippen molar-refractivity contribution in [2.45, 2.75) is 23.8 Å². The van der Waals surface area contributed by atoms with Crippen LogP contribution in [0.15, 0.2) is 53.4 Å². The van der Waals surface area contributed by atoms with Gasteiger partial charge in [0.1, 0.15) is 11.9 Å². The molecule has 3 rings (SSSR count). The van der Waals surface area contributed by atoms with Crippen LogP contribution in [0.25, 0.3) is 0 Å². The Kier molecular flexibility index (Phi) is 3.36. The van der Waals surface area contributed by atoms with Gasteiger partial charge in [0, 0.05) is 4.90 Å². The first-order valence-corrected chi connectivity index (χ1v) is 7.25. The van der Waals surface area contributed by atoms with Gasteiger partial charge in [0.25, 0.3) is 0 Å². The summed E-state index contributed by atoms with van der Waals surface area (Å²) in [7, 11) is 0. The minimum absolute atomic E-state index is 0.0693. The molecule has 1 aliphatic carbocycles. The number of hydrogen-bond donors (Lipinski definition) is 0. The van der Waals surface area contributed by atoms with Gasteiger partial charge >= 0.3 is 0 Å². The van der Waals surface area contributed by atoms with Crippen molar-refractivity contribution in [3.8, 4) is 5.75 Å². The van der Waals surface area contributed by atoms with Gasteiger partial charge in [-0.05, 0) is 59.3 Å². The molecule has 0 heterocycles. The predicted octanol–water partition coefficient (Wildman–Crippen LogP) is 2.99. The number of rotatable bonds is 3. The Morgan fingerprint density at radius 3 is 2.58 bits per heavy atom. The van der Waals surface area contributed by atoms with Crippen molar-refractivity contribution in [3.63, 3.8) is 0 Å². The predicted molar refractivity (Wildman–Crippen MR) is 71.8 cm³/mol. The molecule has 0 N–H and O–H groups in total. The lowest BCUT2D eigenvalue weighted by atomic mass is 10.1. The molecule has 4 heteroatoms. The van der Waals surface area contributed by atoms with Crippen molar-refractivity contribution in [2.75, 3.05) is 0 Å². The molecule has 19 heavy (non-hydrogen) atoms. The molecule has 0 aromatic heterocycles. The van der Waals surface area contributed by atoms with Gasteiger partial charge in [-0.2, -0.15) is 0 Å². The maximum absolute atomic E-state index is 10.8. The first-order chi connectivity index (χ1) is 9.24. The lowest BCUT2D eigenvalue weighted by Crippen LogP contribution is -2.03. The molecule has 2 atom stereocenters. The highest BCUT2D eigenvalue weighted by Gasteiger charge is 2.23. The lowest BCUT2D eigenvalue weighted by Gasteiger charge is -2.15. The summed E-state index contributed by atoms with van der Waals surface area (Å²) in [4.78, 5) is 0.277. The van der Waals surface area contributed by atoms with E-state index in [1.165, 1.54) is 11.1 Å². The molecule has 0 saturated carbocycles. The normalized spacial score (nSPS) is 18.9. The molecule has 98 valence electrons. The van der Waals surface area contributed by atoms with Crippen molar-refractivity contribution in [1.82, 2.24) is 0 Å². The standard InChI is InChI=1S/C15H14O3S/c16-19(17)13-8-6-12(7-9-13)18-15-10-5-11-3-1-2-4-14(11)15/h1-4,6-9,15H,5,10H2,(H,16,17)/p-1. The Bertz CT molecular complexity index is 607. The van der Waals surface area contributed by atoms with Crippen molar-refractivity contribution < 1.29 is 13.5 Å². The number of aryl methyl sites for hydroxylation is 1. The molecule has 0 fully saturated rings. The van der Waals surface area contributed by atoms with Gasteiger partial charge in [0.05, 0.1) is 0 Å². The van der Waals surface area contributed by atoms with Gasteiger partial charge in [-0.15, -0.1) is 0 Å². The molecular formula is C15H13O3S-. The molecule has 0 spiro atoms. The fourth-order valence-electron chi connectivity index (χ4n) is 2.43. The van der Waals surface area contributed by atoms with Crippen LogP contribution >= 0.6 is 0 Å². The summed E-state index contributed by atoms with van der Waals surface area (Å²) in [5.74, 6) is 0.705. The van der Waals surface area contributed by atoms with Crippen LogP contribution in [0.1, 0.15) is 23.7 Å². The van der Waals surface area contributed by atoms with Gasteiger partial charge in [0.15, 0.2) is 0 Å². The molecule has 2 aromatic rings. The first-order valence-electron chi connectivity index (χ1n) is 6.18. The van der Waals surface area contributed by atoms with Crippen LogP contribution in [-0.4, -0.2) is 8.76 Å². The van der Waals surface area contributed by atoms with Crippen LogP contribution in [0.4, 0.5) is 0 Å². The minimum Gasteiger partial charge on any atom is -0.768 e. The fraction of sp³-hybridized carbons (Fsp3) is 0.200. The molecule has 0 radical (unpaired) electrons. The number of hydrogen-bond acceptors (Lipinski definition) is 3. The molecule has 0 amide bonds. The van der Waals surface area contributed by atoms with Gasteiger partial charge in [-0.1, -0.05) is 24.3 Å². The number of ether oxygens (including phenoxy) is 1. The summed E-state index contributed by atoms with van der Waals surface area (Å²) in [5.41, 5.74) is 2.57. The minimum atomic E-state index is -2.18. The highest BCUT2D eigenvalue weighted by Crippen LogP contribution is 2.34. The van der Waals surface area contributed by atoms with Gasteiger partial charge in [0.2, 0.25) is 0 Å². The van der Waals surface area contributed by atoms with Gasteiger partial charge in [-0.3, -0.25) is 4.21 Å². The van der Waals surface area contributed by atoms with E-state index >= 15 is 0 Å². The fourth-order valence-corrected chi connectivity index (χ4v) is 2.79. The van der Waals surface area contributed by atoms with Crippen molar-refractivity contribution in [2.24, 2.45) is 0 Å². The molecule has 1 aliphatic rings. The van der Waals surface area contributed by atoms with E-state index in [9.17, 15) is 8.76 Å². The summed E-state index contributed by atoms with van der Waals surface area (Å²) in [5, 5.41) is 0. The summed E-state index contributed by atoms with van der Waals surface area (Å²) in [6.07, 6.45) is 2.07. The number of fused-ring (bicyclic) bond motifs is 1. The van der Waals surface area contributed by atoms with Gasteiger partial charge < -0.3 is 9.29 Å². The van der Waals surface area contributed by atoms with Gasteiger partial charge in [-0.25, -0.2) is 0 Å². The Labute approximate surface area is 114 Å². The molecule has 0 saturated heterocycles. The largest absolute Gasteiger partial charge is 0.768 e. The van der Waals surface area contributed by atoms with E-state index in [1.807, 2.05) is 12.1 Å². The highest BCUT2D eigenvalue weighted by atomic mass is 32.2. The van der Waals surface area contributed by atoms with E-state index < -0.39 is 11.1 Å². The maximum Gasteiger partial charge on any atom is 0.124 e. The van der Waals surface area contributed by atoms with Crippen LogP contribution in [0.3, 0.4) is 0 Å². The Balaban J connectivity index is 1.78. The second kappa shape index (κ2) is 5.15. The highest BCUT2D eigenvalue weighted by molar-refractivity contribution is 7.79. The maximum atomic E-state index is 10.8. The molecular weight excluding hydrogens is 260 g/mol. The van der Waals surface area contributed by atoms with E-state index in [4.69, 9.17) is 4.74 Å². The summed E-state index contributed by atoms with van der Waals surface area (Å²) >= 11 is -2.18. The average Bonchev–Trinajstić information content (AvgIpc) is 2.83. The molecule has 0 bridgehead atoms. The van der Waals surface area contributed by atoms with Crippen molar-refractivity contribution in [3.05, 3.63) is 59.7 Å². The third-order valence-electron chi connectivity index (χ3n) is 3.37. The Hall–Kier alpha value is -1.65. The zero-order chi connectivity index (χ0) is 13.2. The molecule has 2 aromatic carbocycles.